The van der Waals surface area contributed by atoms with E-state index < -0.39 is 11.7 Å². The molecule has 1 aliphatic carbocycles. The van der Waals surface area contributed by atoms with Crippen LogP contribution in [0.1, 0.15) is 59.1 Å². The van der Waals surface area contributed by atoms with Gasteiger partial charge in [-0.1, -0.05) is 19.9 Å². The molecule has 0 aliphatic heterocycles. The van der Waals surface area contributed by atoms with Gasteiger partial charge >= 0.3 is 12.1 Å². The summed E-state index contributed by atoms with van der Waals surface area (Å²) in [6, 6.07) is 5.80. The van der Waals surface area contributed by atoms with E-state index in [1.807, 2.05) is 39.0 Å². The Kier molecular flexibility index (Phi) is 6.39. The quantitative estimate of drug-likeness (QED) is 0.791. The molecule has 6 nitrogen and oxygen atoms in total. The summed E-state index contributed by atoms with van der Waals surface area (Å²) >= 11 is 0. The van der Waals surface area contributed by atoms with E-state index in [9.17, 15) is 9.59 Å². The van der Waals surface area contributed by atoms with Crippen molar-refractivity contribution in [1.82, 2.24) is 5.32 Å². The third-order valence-corrected chi connectivity index (χ3v) is 4.70. The maximum atomic E-state index is 12.2. The highest BCUT2D eigenvalue weighted by molar-refractivity contribution is 5.71. The van der Waals surface area contributed by atoms with Gasteiger partial charge in [-0.3, -0.25) is 0 Å². The Labute approximate surface area is 161 Å². The molecule has 1 aromatic rings. The molecule has 1 amide bonds. The summed E-state index contributed by atoms with van der Waals surface area (Å²) in [6.45, 7) is 11.7. The number of nitrogens with one attached hydrogen (secondary N) is 1. The Morgan fingerprint density at radius 3 is 2.59 bits per heavy atom. The Morgan fingerprint density at radius 2 is 1.96 bits per heavy atom. The first kappa shape index (κ1) is 21.1. The molecule has 0 saturated carbocycles. The first-order valence-corrected chi connectivity index (χ1v) is 9.44. The van der Waals surface area contributed by atoms with Crippen molar-refractivity contribution >= 4 is 12.1 Å². The fourth-order valence-electron chi connectivity index (χ4n) is 3.36. The Hall–Kier alpha value is -2.24. The lowest BCUT2D eigenvalue weighted by Gasteiger charge is -2.41. The fourth-order valence-corrected chi connectivity index (χ4v) is 3.36. The van der Waals surface area contributed by atoms with E-state index in [-0.39, 0.29) is 24.0 Å². The standard InChI is InChI=1S/C21H31NO5/c1-7-25-18(23)13-26-15-10-8-14-9-11-17(21(5,6)16(14)12-15)22-19(24)27-20(2,3)4/h8,10,12,17H,7,9,11,13H2,1-6H3,(H,22,24)/t17-/m0/s1. The first-order chi connectivity index (χ1) is 12.5. The van der Waals surface area contributed by atoms with Crippen LogP contribution in [0.5, 0.6) is 5.75 Å². The van der Waals surface area contributed by atoms with Crippen molar-refractivity contribution in [2.75, 3.05) is 13.2 Å². The third kappa shape index (κ3) is 5.62. The third-order valence-electron chi connectivity index (χ3n) is 4.70. The predicted molar refractivity (Wildman–Crippen MR) is 103 cm³/mol. The number of esters is 1. The number of hydrogen-bond donors (Lipinski definition) is 1. The van der Waals surface area contributed by atoms with Gasteiger partial charge in [-0.2, -0.15) is 0 Å². The highest BCUT2D eigenvalue weighted by Crippen LogP contribution is 2.39. The van der Waals surface area contributed by atoms with Crippen LogP contribution >= 0.6 is 0 Å². The van der Waals surface area contributed by atoms with Crippen LogP contribution in [0.25, 0.3) is 0 Å². The van der Waals surface area contributed by atoms with Crippen LogP contribution in [0.2, 0.25) is 0 Å². The van der Waals surface area contributed by atoms with Crippen molar-refractivity contribution in [2.45, 2.75) is 71.4 Å². The molecule has 0 heterocycles. The summed E-state index contributed by atoms with van der Waals surface area (Å²) in [5, 5.41) is 3.02. The molecule has 1 aliphatic rings. The lowest BCUT2D eigenvalue weighted by atomic mass is 9.69. The van der Waals surface area contributed by atoms with Gasteiger partial charge in [0.25, 0.3) is 0 Å². The lowest BCUT2D eigenvalue weighted by molar-refractivity contribution is -0.145. The molecule has 0 saturated heterocycles. The molecular formula is C21H31NO5. The van der Waals surface area contributed by atoms with Gasteiger partial charge in [0.2, 0.25) is 0 Å². The molecule has 0 fully saturated rings. The molecule has 1 aromatic carbocycles. The fraction of sp³-hybridized carbons (Fsp3) is 0.619. The van der Waals surface area contributed by atoms with E-state index in [4.69, 9.17) is 14.2 Å². The first-order valence-electron chi connectivity index (χ1n) is 9.44. The van der Waals surface area contributed by atoms with Crippen LogP contribution in [-0.4, -0.2) is 36.9 Å². The van der Waals surface area contributed by atoms with E-state index in [0.29, 0.717) is 12.4 Å². The molecular weight excluding hydrogens is 346 g/mol. The number of aryl methyl sites for hydroxylation is 1. The smallest absolute Gasteiger partial charge is 0.407 e. The number of alkyl carbamates (subject to hydrolysis) is 1. The summed E-state index contributed by atoms with van der Waals surface area (Å²) in [7, 11) is 0. The molecule has 0 spiro atoms. The minimum atomic E-state index is -0.533. The monoisotopic (exact) mass is 377 g/mol. The normalized spacial score (nSPS) is 18.2. The number of carbonyl (C=O) groups excluding carboxylic acids is 2. The predicted octanol–water partition coefficient (Wildman–Crippen LogP) is 3.75. The van der Waals surface area contributed by atoms with Crippen molar-refractivity contribution in [1.29, 1.82) is 0 Å². The van der Waals surface area contributed by atoms with E-state index in [0.717, 1.165) is 18.4 Å². The second-order valence-corrected chi connectivity index (χ2v) is 8.37. The molecule has 6 heteroatoms. The summed E-state index contributed by atoms with van der Waals surface area (Å²) in [4.78, 5) is 23.7. The molecule has 1 atom stereocenters. The number of carbonyl (C=O) groups is 2. The topological polar surface area (TPSA) is 73.9 Å². The molecule has 2 rings (SSSR count). The van der Waals surface area contributed by atoms with E-state index in [2.05, 4.69) is 19.2 Å². The van der Waals surface area contributed by atoms with Gasteiger partial charge in [-0.05, 0) is 63.8 Å². The SMILES string of the molecule is CCOC(=O)COc1ccc2c(c1)C(C)(C)[C@@H](NC(=O)OC(C)(C)C)CC2. The van der Waals surface area contributed by atoms with Crippen molar-refractivity contribution in [3.8, 4) is 5.75 Å². The Morgan fingerprint density at radius 1 is 1.26 bits per heavy atom. The van der Waals surface area contributed by atoms with Crippen molar-refractivity contribution in [2.24, 2.45) is 0 Å². The zero-order chi connectivity index (χ0) is 20.2. The highest BCUT2D eigenvalue weighted by Gasteiger charge is 2.38. The minimum absolute atomic E-state index is 0.0554. The second-order valence-electron chi connectivity index (χ2n) is 8.37. The number of amides is 1. The summed E-state index contributed by atoms with van der Waals surface area (Å²) in [5.74, 6) is 0.228. The van der Waals surface area contributed by atoms with Crippen LogP contribution < -0.4 is 10.1 Å². The summed E-state index contributed by atoms with van der Waals surface area (Å²) in [6.07, 6.45) is 1.29. The molecule has 27 heavy (non-hydrogen) atoms. The van der Waals surface area contributed by atoms with Gasteiger partial charge < -0.3 is 19.5 Å². The molecule has 150 valence electrons. The molecule has 0 aromatic heterocycles. The van der Waals surface area contributed by atoms with Crippen LogP contribution in [0, 0.1) is 0 Å². The van der Waals surface area contributed by atoms with Crippen molar-refractivity contribution < 1.29 is 23.8 Å². The highest BCUT2D eigenvalue weighted by atomic mass is 16.6. The van der Waals surface area contributed by atoms with Gasteiger partial charge in [-0.25, -0.2) is 9.59 Å². The van der Waals surface area contributed by atoms with Gasteiger partial charge in [-0.15, -0.1) is 0 Å². The maximum Gasteiger partial charge on any atom is 0.407 e. The Bertz CT molecular complexity index is 690. The zero-order valence-electron chi connectivity index (χ0n) is 17.2. The van der Waals surface area contributed by atoms with Crippen molar-refractivity contribution in [3.05, 3.63) is 29.3 Å². The van der Waals surface area contributed by atoms with Crippen LogP contribution in [0.4, 0.5) is 4.79 Å². The van der Waals surface area contributed by atoms with Gasteiger partial charge in [0, 0.05) is 11.5 Å². The molecule has 0 unspecified atom stereocenters. The molecule has 0 radical (unpaired) electrons. The molecule has 0 bridgehead atoms. The average Bonchev–Trinajstić information content (AvgIpc) is 2.54. The largest absolute Gasteiger partial charge is 0.482 e. The summed E-state index contributed by atoms with van der Waals surface area (Å²) < 4.78 is 15.9. The van der Waals surface area contributed by atoms with Gasteiger partial charge in [0.05, 0.1) is 6.61 Å². The maximum absolute atomic E-state index is 12.2. The number of benzene rings is 1. The minimum Gasteiger partial charge on any atom is -0.482 e. The van der Waals surface area contributed by atoms with Gasteiger partial charge in [0.15, 0.2) is 6.61 Å². The zero-order valence-corrected chi connectivity index (χ0v) is 17.2. The summed E-state index contributed by atoms with van der Waals surface area (Å²) in [5.41, 5.74) is 1.50. The average molecular weight is 377 g/mol. The van der Waals surface area contributed by atoms with E-state index in [1.165, 1.54) is 5.56 Å². The number of fused-ring (bicyclic) bond motifs is 1. The van der Waals surface area contributed by atoms with E-state index in [1.54, 1.807) is 6.92 Å². The number of hydrogen-bond acceptors (Lipinski definition) is 5. The lowest BCUT2D eigenvalue weighted by Crippen LogP contribution is -2.51. The molecule has 1 N–H and O–H groups in total. The van der Waals surface area contributed by atoms with E-state index >= 15 is 0 Å². The number of rotatable bonds is 5. The second kappa shape index (κ2) is 8.19. The van der Waals surface area contributed by atoms with Gasteiger partial charge in [0.1, 0.15) is 11.4 Å². The van der Waals surface area contributed by atoms with Crippen LogP contribution in [0.15, 0.2) is 18.2 Å². The van der Waals surface area contributed by atoms with Crippen LogP contribution in [-0.2, 0) is 26.1 Å². The van der Waals surface area contributed by atoms with Crippen molar-refractivity contribution in [3.63, 3.8) is 0 Å². The Balaban J connectivity index is 2.13. The van der Waals surface area contributed by atoms with Crippen LogP contribution in [0.3, 0.4) is 0 Å². The number of ether oxygens (including phenoxy) is 3.